The summed E-state index contributed by atoms with van der Waals surface area (Å²) in [6.07, 6.45) is -1.02. The molecule has 2 N–H and O–H groups in total. The second-order valence-corrected chi connectivity index (χ2v) is 11.0. The number of allylic oxidation sites excluding steroid dienone is 1. The molecule has 2 aliphatic rings. The third kappa shape index (κ3) is 5.27. The van der Waals surface area contributed by atoms with E-state index in [0.29, 0.717) is 16.9 Å². The minimum Gasteiger partial charge on any atom is -0.504 e. The number of carbonyl (C=O) groups excluding carboxylic acids is 2. The summed E-state index contributed by atoms with van der Waals surface area (Å²) in [5.41, 5.74) is -0.471. The Labute approximate surface area is 260 Å². The molecule has 4 atom stereocenters. The van der Waals surface area contributed by atoms with Crippen LogP contribution < -0.4 is 23.7 Å². The van der Waals surface area contributed by atoms with Crippen LogP contribution in [-0.4, -0.2) is 55.9 Å². The van der Waals surface area contributed by atoms with Crippen molar-refractivity contribution in [2.45, 2.75) is 45.5 Å². The summed E-state index contributed by atoms with van der Waals surface area (Å²) < 4.78 is 40.7. The topological polar surface area (TPSA) is 139 Å². The van der Waals surface area contributed by atoms with E-state index in [4.69, 9.17) is 33.2 Å². The fourth-order valence-corrected chi connectivity index (χ4v) is 5.73. The lowest BCUT2D eigenvalue weighted by Crippen LogP contribution is -2.46. The van der Waals surface area contributed by atoms with Gasteiger partial charge in [0.1, 0.15) is 11.7 Å². The molecule has 1 aliphatic heterocycles. The highest BCUT2D eigenvalue weighted by Gasteiger charge is 2.51. The SMILES string of the molecule is CC=C(C)C(=O)OC1c2cc(OC)c(OC)c(O)c2-c2c(cc3c(c2OC)OCO3)C(OC(=O)c2ccccc2)C(C)C1(C)O. The molecule has 11 nitrogen and oxygen atoms in total. The van der Waals surface area contributed by atoms with Crippen LogP contribution in [0.1, 0.15) is 61.4 Å². The third-order valence-electron chi connectivity index (χ3n) is 8.50. The maximum Gasteiger partial charge on any atom is 0.338 e. The van der Waals surface area contributed by atoms with Gasteiger partial charge in [-0.1, -0.05) is 31.2 Å². The number of phenolic OH excluding ortho intramolecular Hbond substituents is 1. The average Bonchev–Trinajstić information content (AvgIpc) is 3.52. The number of fused-ring (bicyclic) bond motifs is 4. The number of methoxy groups -OCH3 is 3. The van der Waals surface area contributed by atoms with Crippen molar-refractivity contribution in [3.8, 4) is 45.6 Å². The van der Waals surface area contributed by atoms with Crippen LogP contribution in [0.25, 0.3) is 11.1 Å². The van der Waals surface area contributed by atoms with Gasteiger partial charge in [0.2, 0.25) is 18.3 Å². The Morgan fingerprint density at radius 1 is 0.956 bits per heavy atom. The van der Waals surface area contributed by atoms with Crippen molar-refractivity contribution in [3.05, 3.63) is 70.8 Å². The summed E-state index contributed by atoms with van der Waals surface area (Å²) in [4.78, 5) is 26.9. The van der Waals surface area contributed by atoms with Crippen LogP contribution in [0.15, 0.2) is 54.1 Å². The predicted molar refractivity (Wildman–Crippen MR) is 162 cm³/mol. The predicted octanol–water partition coefficient (Wildman–Crippen LogP) is 5.66. The minimum atomic E-state index is -1.91. The molecule has 0 aromatic heterocycles. The molecule has 11 heteroatoms. The lowest BCUT2D eigenvalue weighted by atomic mass is 9.71. The zero-order chi connectivity index (χ0) is 32.6. The average molecular weight is 621 g/mol. The van der Waals surface area contributed by atoms with Gasteiger partial charge in [-0.25, -0.2) is 9.59 Å². The van der Waals surface area contributed by atoms with Crippen LogP contribution >= 0.6 is 0 Å². The van der Waals surface area contributed by atoms with Crippen molar-refractivity contribution in [2.24, 2.45) is 5.92 Å². The summed E-state index contributed by atoms with van der Waals surface area (Å²) in [5.74, 6) is -1.87. The standard InChI is InChI=1S/C34H36O11/c1-8-17(2)32(36)45-31-21-15-22(39-5)28(40-6)26(35)24(21)25-20(14-23-29(30(25)41-7)43-16-42-23)27(18(3)34(31,4)38)44-33(37)19-12-10-9-11-13-19/h8-15,18,27,31,35,38H,16H2,1-7H3. The Kier molecular flexibility index (Phi) is 8.57. The highest BCUT2D eigenvalue weighted by molar-refractivity contribution is 5.92. The lowest BCUT2D eigenvalue weighted by Gasteiger charge is -2.43. The van der Waals surface area contributed by atoms with Crippen LogP contribution in [0, 0.1) is 5.92 Å². The highest BCUT2D eigenvalue weighted by Crippen LogP contribution is 2.61. The molecule has 4 unspecified atom stereocenters. The molecule has 45 heavy (non-hydrogen) atoms. The number of aliphatic hydroxyl groups is 1. The van der Waals surface area contributed by atoms with Crippen molar-refractivity contribution in [1.82, 2.24) is 0 Å². The zero-order valence-electron chi connectivity index (χ0n) is 26.1. The Bertz CT molecular complexity index is 1660. The van der Waals surface area contributed by atoms with E-state index in [0.717, 1.165) is 0 Å². The number of esters is 2. The van der Waals surface area contributed by atoms with Gasteiger partial charge in [-0.2, -0.15) is 0 Å². The van der Waals surface area contributed by atoms with E-state index in [9.17, 15) is 19.8 Å². The molecule has 3 aromatic rings. The lowest BCUT2D eigenvalue weighted by molar-refractivity contribution is -0.174. The monoisotopic (exact) mass is 620 g/mol. The number of phenols is 1. The molecule has 0 amide bonds. The van der Waals surface area contributed by atoms with Crippen molar-refractivity contribution < 1.29 is 53.0 Å². The number of carbonyl (C=O) groups is 2. The first-order valence-corrected chi connectivity index (χ1v) is 14.3. The molecule has 1 aliphatic carbocycles. The largest absolute Gasteiger partial charge is 0.504 e. The van der Waals surface area contributed by atoms with Crippen molar-refractivity contribution in [2.75, 3.05) is 28.1 Å². The Morgan fingerprint density at radius 3 is 2.27 bits per heavy atom. The summed E-state index contributed by atoms with van der Waals surface area (Å²) >= 11 is 0. The molecule has 0 fully saturated rings. The molecule has 0 saturated carbocycles. The van der Waals surface area contributed by atoms with E-state index in [1.807, 2.05) is 0 Å². The molecule has 0 radical (unpaired) electrons. The van der Waals surface area contributed by atoms with Gasteiger partial charge >= 0.3 is 11.9 Å². The van der Waals surface area contributed by atoms with Crippen LogP contribution in [0.5, 0.6) is 34.5 Å². The van der Waals surface area contributed by atoms with Gasteiger partial charge in [0, 0.05) is 33.7 Å². The fraction of sp³-hybridized carbons (Fsp3) is 0.353. The minimum absolute atomic E-state index is 0.0253. The maximum atomic E-state index is 13.6. The van der Waals surface area contributed by atoms with Crippen molar-refractivity contribution >= 4 is 11.9 Å². The quantitative estimate of drug-likeness (QED) is 0.250. The Hall–Kier alpha value is -4.90. The van der Waals surface area contributed by atoms with E-state index < -0.39 is 41.4 Å². The molecule has 1 heterocycles. The van der Waals surface area contributed by atoms with Gasteiger partial charge in [-0.15, -0.1) is 0 Å². The number of hydrogen-bond donors (Lipinski definition) is 2. The summed E-state index contributed by atoms with van der Waals surface area (Å²) in [6, 6.07) is 11.6. The molecule has 0 bridgehead atoms. The van der Waals surface area contributed by atoms with Crippen LogP contribution in [0.2, 0.25) is 0 Å². The summed E-state index contributed by atoms with van der Waals surface area (Å²) in [6.45, 7) is 6.32. The third-order valence-corrected chi connectivity index (χ3v) is 8.50. The molecule has 5 rings (SSSR count). The Balaban J connectivity index is 1.90. The second-order valence-electron chi connectivity index (χ2n) is 11.0. The molecule has 0 spiro atoms. The van der Waals surface area contributed by atoms with Crippen molar-refractivity contribution in [3.63, 3.8) is 0 Å². The first-order valence-electron chi connectivity index (χ1n) is 14.3. The maximum absolute atomic E-state index is 13.6. The zero-order valence-corrected chi connectivity index (χ0v) is 26.1. The molecular formula is C34H36O11. The normalized spacial score (nSPS) is 21.9. The van der Waals surface area contributed by atoms with Crippen LogP contribution in [0.3, 0.4) is 0 Å². The molecule has 0 saturated heterocycles. The molecular weight excluding hydrogens is 584 g/mol. The number of hydrogen-bond acceptors (Lipinski definition) is 11. The smallest absolute Gasteiger partial charge is 0.338 e. The van der Waals surface area contributed by atoms with Gasteiger partial charge in [0.25, 0.3) is 0 Å². The number of rotatable bonds is 7. The number of aromatic hydroxyl groups is 1. The van der Waals surface area contributed by atoms with Gasteiger partial charge in [-0.3, -0.25) is 0 Å². The second kappa shape index (κ2) is 12.2. The number of benzene rings is 3. The van der Waals surface area contributed by atoms with Crippen LogP contribution in [0.4, 0.5) is 0 Å². The van der Waals surface area contributed by atoms with Gasteiger partial charge in [-0.05, 0) is 45.0 Å². The van der Waals surface area contributed by atoms with E-state index in [-0.39, 0.29) is 52.0 Å². The van der Waals surface area contributed by atoms with Crippen molar-refractivity contribution in [1.29, 1.82) is 0 Å². The first-order chi connectivity index (χ1) is 21.5. The van der Waals surface area contributed by atoms with E-state index >= 15 is 0 Å². The van der Waals surface area contributed by atoms with E-state index in [1.54, 1.807) is 63.2 Å². The van der Waals surface area contributed by atoms with E-state index in [1.165, 1.54) is 34.3 Å². The summed E-state index contributed by atoms with van der Waals surface area (Å²) in [5, 5.41) is 24.3. The first kappa shape index (κ1) is 31.5. The Morgan fingerprint density at radius 2 is 1.64 bits per heavy atom. The van der Waals surface area contributed by atoms with E-state index in [2.05, 4.69) is 0 Å². The van der Waals surface area contributed by atoms with Gasteiger partial charge in [0.05, 0.1) is 26.9 Å². The fourth-order valence-electron chi connectivity index (χ4n) is 5.73. The number of ether oxygens (including phenoxy) is 7. The summed E-state index contributed by atoms with van der Waals surface area (Å²) in [7, 11) is 4.18. The van der Waals surface area contributed by atoms with Gasteiger partial charge in [0.15, 0.2) is 29.1 Å². The van der Waals surface area contributed by atoms with Crippen LogP contribution in [-0.2, 0) is 14.3 Å². The van der Waals surface area contributed by atoms with Gasteiger partial charge < -0.3 is 43.4 Å². The molecule has 3 aromatic carbocycles. The highest BCUT2D eigenvalue weighted by atomic mass is 16.7. The molecule has 238 valence electrons.